The van der Waals surface area contributed by atoms with Crippen molar-refractivity contribution in [3.8, 4) is 0 Å². The lowest BCUT2D eigenvalue weighted by molar-refractivity contribution is 0.426. The molecule has 0 radical (unpaired) electrons. The van der Waals surface area contributed by atoms with Crippen LogP contribution in [0.5, 0.6) is 0 Å². The zero-order valence-corrected chi connectivity index (χ0v) is 9.11. The topological polar surface area (TPSA) is 46.5 Å². The molecule has 3 nitrogen and oxygen atoms in total. The van der Waals surface area contributed by atoms with E-state index in [0.717, 1.165) is 17.3 Å². The van der Waals surface area contributed by atoms with Gasteiger partial charge in [0.15, 0.2) is 0 Å². The van der Waals surface area contributed by atoms with Crippen molar-refractivity contribution in [3.05, 3.63) is 0 Å². The number of rotatable bonds is 5. The molecular formula is C6H19MgO3PS. The van der Waals surface area contributed by atoms with Gasteiger partial charge in [-0.15, -0.1) is 10.3 Å². The third-order valence-electron chi connectivity index (χ3n) is 1.83. The molecule has 0 aromatic heterocycles. The Morgan fingerprint density at radius 3 is 1.67 bits per heavy atom. The van der Waals surface area contributed by atoms with E-state index in [1.807, 2.05) is 20.8 Å². The lowest BCUT2D eigenvalue weighted by Gasteiger charge is -2.34. The minimum Gasteiger partial charge on any atom is -0.326 e. The van der Waals surface area contributed by atoms with Gasteiger partial charge in [0, 0.05) is 0 Å². The standard InChI is InChI=1S/C6H17O3PS.Mg.2H/c1-4-11(5-2,6-3)9-10(7)8;;;/h10H,4-6H2,1-3H3,(H,7,8);;;. The summed E-state index contributed by atoms with van der Waals surface area (Å²) in [4.78, 5) is 8.63. The van der Waals surface area contributed by atoms with E-state index in [9.17, 15) is 4.57 Å². The fourth-order valence-electron chi connectivity index (χ4n) is 0.940. The van der Waals surface area contributed by atoms with Crippen LogP contribution >= 0.6 is 18.6 Å². The summed E-state index contributed by atoms with van der Waals surface area (Å²) < 4.78 is 15.5. The highest BCUT2D eigenvalue weighted by atomic mass is 32.3. The van der Waals surface area contributed by atoms with Crippen LogP contribution in [0, 0.1) is 0 Å². The molecule has 0 bridgehead atoms. The maximum absolute atomic E-state index is 10.5. The van der Waals surface area contributed by atoms with E-state index < -0.39 is 18.6 Å². The molecule has 0 aromatic rings. The first-order chi connectivity index (χ1) is 5.10. The van der Waals surface area contributed by atoms with Crippen LogP contribution in [0.2, 0.25) is 0 Å². The van der Waals surface area contributed by atoms with E-state index in [-0.39, 0.29) is 23.1 Å². The Morgan fingerprint density at radius 1 is 1.25 bits per heavy atom. The van der Waals surface area contributed by atoms with Gasteiger partial charge in [-0.2, -0.15) is 0 Å². The molecule has 1 N–H and O–H groups in total. The van der Waals surface area contributed by atoms with Gasteiger partial charge in [-0.05, 0) is 17.3 Å². The van der Waals surface area contributed by atoms with Crippen LogP contribution in [0.4, 0.5) is 0 Å². The largest absolute Gasteiger partial charge is 0.326 e. The summed E-state index contributed by atoms with van der Waals surface area (Å²) in [6.45, 7) is 6.02. The van der Waals surface area contributed by atoms with Crippen LogP contribution in [0.15, 0.2) is 0 Å². The Hall–Kier alpha value is 1.27. The molecule has 0 fully saturated rings. The third kappa shape index (κ3) is 5.09. The third-order valence-corrected chi connectivity index (χ3v) is 6.97. The quantitative estimate of drug-likeness (QED) is 0.567. The van der Waals surface area contributed by atoms with Gasteiger partial charge in [0.1, 0.15) is 0 Å². The Balaban J connectivity index is 0. The van der Waals surface area contributed by atoms with Gasteiger partial charge < -0.3 is 4.89 Å². The lowest BCUT2D eigenvalue weighted by atomic mass is 10.9. The Bertz CT molecular complexity index is 132. The normalized spacial score (nSPS) is 15.0. The molecule has 6 heteroatoms. The van der Waals surface area contributed by atoms with Crippen molar-refractivity contribution in [1.29, 1.82) is 0 Å². The van der Waals surface area contributed by atoms with Crippen LogP contribution in [0.25, 0.3) is 0 Å². The van der Waals surface area contributed by atoms with Crippen LogP contribution in [-0.2, 0) is 8.54 Å². The summed E-state index contributed by atoms with van der Waals surface area (Å²) in [7, 11) is -3.97. The summed E-state index contributed by atoms with van der Waals surface area (Å²) in [6, 6.07) is 0. The van der Waals surface area contributed by atoms with E-state index in [1.54, 1.807) is 0 Å². The molecule has 1 atom stereocenters. The van der Waals surface area contributed by atoms with Gasteiger partial charge in [0.25, 0.3) is 0 Å². The molecule has 0 aromatic carbocycles. The highest BCUT2D eigenvalue weighted by Crippen LogP contribution is 2.53. The van der Waals surface area contributed by atoms with Crippen LogP contribution < -0.4 is 0 Å². The molecule has 0 rings (SSSR count). The van der Waals surface area contributed by atoms with Crippen molar-refractivity contribution in [2.24, 2.45) is 0 Å². The minimum absolute atomic E-state index is 0. The van der Waals surface area contributed by atoms with Crippen LogP contribution in [0.1, 0.15) is 20.8 Å². The lowest BCUT2D eigenvalue weighted by Crippen LogP contribution is -2.09. The van der Waals surface area contributed by atoms with Gasteiger partial charge in [0.05, 0.1) is 0 Å². The molecule has 0 amide bonds. The molecule has 0 spiro atoms. The van der Waals surface area contributed by atoms with Gasteiger partial charge >= 0.3 is 31.3 Å². The first-order valence-electron chi connectivity index (χ1n) is 3.79. The highest BCUT2D eigenvalue weighted by molar-refractivity contribution is 8.31. The van der Waals surface area contributed by atoms with Gasteiger partial charge in [-0.3, -0.25) is 8.54 Å². The maximum Gasteiger partial charge on any atom is 0.326 e. The number of hydrogen-bond donors (Lipinski definition) is 1. The first-order valence-corrected chi connectivity index (χ1v) is 7.11. The monoisotopic (exact) mass is 226 g/mol. The predicted octanol–water partition coefficient (Wildman–Crippen LogP) is 1.25. The second-order valence-corrected chi connectivity index (χ2v) is 7.04. The molecule has 0 saturated heterocycles. The average Bonchev–Trinajstić information content (AvgIpc) is 2.00. The summed E-state index contributed by atoms with van der Waals surface area (Å²) in [5.41, 5.74) is 0. The first kappa shape index (κ1) is 15.7. The Kier molecular flexibility index (Phi) is 10.0. The Labute approximate surface area is 92.9 Å². The van der Waals surface area contributed by atoms with Crippen LogP contribution in [-0.4, -0.2) is 45.2 Å². The molecule has 74 valence electrons. The van der Waals surface area contributed by atoms with Crippen molar-refractivity contribution in [2.45, 2.75) is 20.8 Å². The average molecular weight is 227 g/mol. The summed E-state index contributed by atoms with van der Waals surface area (Å²) in [6.07, 6.45) is 0. The highest BCUT2D eigenvalue weighted by Gasteiger charge is 2.20. The molecule has 0 heterocycles. The fraction of sp³-hybridized carbons (Fsp3) is 1.00. The van der Waals surface area contributed by atoms with E-state index in [4.69, 9.17) is 8.86 Å². The summed E-state index contributed by atoms with van der Waals surface area (Å²) in [5, 5.41) is 0. The van der Waals surface area contributed by atoms with Crippen molar-refractivity contribution >= 4 is 41.6 Å². The zero-order valence-electron chi connectivity index (χ0n) is 7.29. The smallest absolute Gasteiger partial charge is 0.326 e. The SMILES string of the molecule is CCS(CC)(CC)O[PH](=O)O.[MgH2]. The van der Waals surface area contributed by atoms with Gasteiger partial charge in [-0.25, -0.2) is 0 Å². The second kappa shape index (κ2) is 7.65. The minimum atomic E-state index is -2.74. The van der Waals surface area contributed by atoms with Gasteiger partial charge in [0.2, 0.25) is 0 Å². The van der Waals surface area contributed by atoms with E-state index in [2.05, 4.69) is 0 Å². The summed E-state index contributed by atoms with van der Waals surface area (Å²) >= 11 is 0. The second-order valence-electron chi connectivity index (χ2n) is 2.18. The van der Waals surface area contributed by atoms with E-state index >= 15 is 0 Å². The molecular weight excluding hydrogens is 207 g/mol. The molecule has 0 aliphatic carbocycles. The molecule has 0 aliphatic heterocycles. The Morgan fingerprint density at radius 2 is 1.58 bits per heavy atom. The van der Waals surface area contributed by atoms with E-state index in [1.165, 1.54) is 0 Å². The summed E-state index contributed by atoms with van der Waals surface area (Å²) in [5.74, 6) is 2.62. The van der Waals surface area contributed by atoms with Crippen molar-refractivity contribution in [2.75, 3.05) is 17.3 Å². The molecule has 12 heavy (non-hydrogen) atoms. The maximum atomic E-state index is 10.5. The predicted molar refractivity (Wildman–Crippen MR) is 60.1 cm³/mol. The molecule has 1 unspecified atom stereocenters. The zero-order chi connectivity index (χ0) is 8.91. The van der Waals surface area contributed by atoms with Crippen molar-refractivity contribution in [3.63, 3.8) is 0 Å². The van der Waals surface area contributed by atoms with Crippen LogP contribution in [0.3, 0.4) is 0 Å². The van der Waals surface area contributed by atoms with Crippen molar-refractivity contribution < 1.29 is 13.4 Å². The number of hydrogen-bond acceptors (Lipinski definition) is 2. The molecule has 0 saturated carbocycles. The van der Waals surface area contributed by atoms with Crippen molar-refractivity contribution in [1.82, 2.24) is 0 Å². The van der Waals surface area contributed by atoms with Gasteiger partial charge in [-0.1, -0.05) is 20.8 Å². The fourth-order valence-corrected chi connectivity index (χ4v) is 4.79. The van der Waals surface area contributed by atoms with E-state index in [0.29, 0.717) is 0 Å². The molecule has 0 aliphatic rings.